The van der Waals surface area contributed by atoms with Gasteiger partial charge in [-0.15, -0.1) is 0 Å². The van der Waals surface area contributed by atoms with Gasteiger partial charge in [-0.05, 0) is 50.2 Å². The van der Waals surface area contributed by atoms with Crippen LogP contribution >= 0.6 is 0 Å². The van der Waals surface area contributed by atoms with E-state index in [2.05, 4.69) is 80.3 Å². The van der Waals surface area contributed by atoms with Crippen molar-refractivity contribution in [2.75, 3.05) is 75.2 Å². The van der Waals surface area contributed by atoms with E-state index in [-0.39, 0.29) is 0 Å². The zero-order valence-electron chi connectivity index (χ0n) is 17.0. The molecule has 2 saturated heterocycles. The molecular formula is C24H34N4. The van der Waals surface area contributed by atoms with E-state index in [0.717, 1.165) is 39.3 Å². The highest BCUT2D eigenvalue weighted by atomic mass is 15.3. The fourth-order valence-corrected chi connectivity index (χ4v) is 4.47. The first kappa shape index (κ1) is 19.3. The van der Waals surface area contributed by atoms with Gasteiger partial charge < -0.3 is 19.6 Å². The van der Waals surface area contributed by atoms with Gasteiger partial charge in [0.1, 0.15) is 0 Å². The minimum Gasteiger partial charge on any atom is -0.370 e. The van der Waals surface area contributed by atoms with E-state index in [9.17, 15) is 0 Å². The molecule has 4 nitrogen and oxygen atoms in total. The van der Waals surface area contributed by atoms with Gasteiger partial charge in [-0.2, -0.15) is 0 Å². The molecule has 28 heavy (non-hydrogen) atoms. The number of nitrogens with zero attached hydrogens (tertiary/aromatic N) is 4. The summed E-state index contributed by atoms with van der Waals surface area (Å²) in [6, 6.07) is 21.9. The Hall–Kier alpha value is -2.04. The van der Waals surface area contributed by atoms with Gasteiger partial charge in [-0.3, -0.25) is 0 Å². The maximum absolute atomic E-state index is 2.68. The monoisotopic (exact) mass is 378 g/mol. The zero-order chi connectivity index (χ0) is 19.0. The summed E-state index contributed by atoms with van der Waals surface area (Å²) in [6.07, 6.45) is 2.47. The van der Waals surface area contributed by atoms with Crippen molar-refractivity contribution < 1.29 is 0 Å². The first-order valence-corrected chi connectivity index (χ1v) is 10.9. The Kier molecular flexibility index (Phi) is 6.85. The molecule has 0 radical (unpaired) electrons. The Bertz CT molecular complexity index is 629. The van der Waals surface area contributed by atoms with Crippen molar-refractivity contribution in [1.82, 2.24) is 9.80 Å². The molecule has 0 aromatic heterocycles. The zero-order valence-corrected chi connectivity index (χ0v) is 17.0. The second-order valence-corrected chi connectivity index (χ2v) is 8.04. The summed E-state index contributed by atoms with van der Waals surface area (Å²) in [4.78, 5) is 10.5. The summed E-state index contributed by atoms with van der Waals surface area (Å²) in [5.74, 6) is 0. The third kappa shape index (κ3) is 5.27. The van der Waals surface area contributed by atoms with Crippen LogP contribution in [0, 0.1) is 0 Å². The molecule has 0 N–H and O–H groups in total. The summed E-state index contributed by atoms with van der Waals surface area (Å²) >= 11 is 0. The number of hydrogen-bond acceptors (Lipinski definition) is 4. The predicted octanol–water partition coefficient (Wildman–Crippen LogP) is 3.41. The summed E-state index contributed by atoms with van der Waals surface area (Å²) in [5, 5.41) is 0. The third-order valence-electron chi connectivity index (χ3n) is 6.15. The molecule has 2 aliphatic rings. The fraction of sp³-hybridized carbons (Fsp3) is 0.500. The Morgan fingerprint density at radius 3 is 1.21 bits per heavy atom. The molecule has 2 fully saturated rings. The summed E-state index contributed by atoms with van der Waals surface area (Å²) in [5.41, 5.74) is 2.74. The van der Waals surface area contributed by atoms with Crippen molar-refractivity contribution in [3.63, 3.8) is 0 Å². The van der Waals surface area contributed by atoms with E-state index < -0.39 is 0 Å². The lowest BCUT2D eigenvalue weighted by Gasteiger charge is -2.37. The molecule has 150 valence electrons. The molecular weight excluding hydrogens is 344 g/mol. The SMILES string of the molecule is c1ccc(N2CCCN3CCN(CCCN(c4ccccc4)CC3)CC2)cc1. The van der Waals surface area contributed by atoms with E-state index in [0.29, 0.717) is 0 Å². The van der Waals surface area contributed by atoms with E-state index in [1.807, 2.05) is 0 Å². The standard InChI is InChI=1S/C24H34N4/c1-3-9-23(10-4-1)27-15-7-13-26-18-17-25(19-21-27)14-8-16-28(22-20-26)24-11-5-2-6-12-24/h1-6,9-12H,7-8,13-22H2. The number of benzene rings is 2. The lowest BCUT2D eigenvalue weighted by molar-refractivity contribution is 0.193. The van der Waals surface area contributed by atoms with Crippen molar-refractivity contribution in [3.05, 3.63) is 60.7 Å². The van der Waals surface area contributed by atoms with Gasteiger partial charge >= 0.3 is 0 Å². The van der Waals surface area contributed by atoms with Crippen molar-refractivity contribution in [3.8, 4) is 0 Å². The molecule has 4 rings (SSSR count). The van der Waals surface area contributed by atoms with Crippen LogP contribution in [-0.4, -0.2) is 75.2 Å². The second-order valence-electron chi connectivity index (χ2n) is 8.04. The molecule has 4 heteroatoms. The average molecular weight is 379 g/mol. The number of rotatable bonds is 2. The van der Waals surface area contributed by atoms with Crippen LogP contribution in [0.3, 0.4) is 0 Å². The fourth-order valence-electron chi connectivity index (χ4n) is 4.47. The topological polar surface area (TPSA) is 13.0 Å². The minimum atomic E-state index is 1.13. The maximum atomic E-state index is 2.68. The largest absolute Gasteiger partial charge is 0.370 e. The van der Waals surface area contributed by atoms with Gasteiger partial charge in [0, 0.05) is 63.7 Å². The predicted molar refractivity (Wildman–Crippen MR) is 119 cm³/mol. The molecule has 2 atom stereocenters. The Morgan fingerprint density at radius 1 is 0.393 bits per heavy atom. The normalized spacial score (nSPS) is 24.7. The van der Waals surface area contributed by atoms with Crippen LogP contribution < -0.4 is 9.80 Å². The van der Waals surface area contributed by atoms with E-state index in [1.165, 1.54) is 50.4 Å². The van der Waals surface area contributed by atoms with Gasteiger partial charge in [-0.25, -0.2) is 0 Å². The Labute approximate surface area is 170 Å². The number of hydrogen-bond donors (Lipinski definition) is 0. The summed E-state index contributed by atoms with van der Waals surface area (Å²) in [6.45, 7) is 11.7. The van der Waals surface area contributed by atoms with Crippen LogP contribution in [0.25, 0.3) is 0 Å². The van der Waals surface area contributed by atoms with Gasteiger partial charge in [0.2, 0.25) is 0 Å². The van der Waals surface area contributed by atoms with Gasteiger partial charge in [0.25, 0.3) is 0 Å². The van der Waals surface area contributed by atoms with Crippen molar-refractivity contribution in [1.29, 1.82) is 0 Å². The molecule has 2 aliphatic heterocycles. The molecule has 2 heterocycles. The van der Waals surface area contributed by atoms with Gasteiger partial charge in [0.05, 0.1) is 0 Å². The van der Waals surface area contributed by atoms with Crippen LogP contribution in [0.5, 0.6) is 0 Å². The van der Waals surface area contributed by atoms with Crippen molar-refractivity contribution in [2.24, 2.45) is 0 Å². The molecule has 0 saturated carbocycles. The first-order valence-electron chi connectivity index (χ1n) is 10.9. The molecule has 2 aromatic rings. The number of para-hydroxylation sites is 2. The summed E-state index contributed by atoms with van der Waals surface area (Å²) in [7, 11) is 0. The lowest BCUT2D eigenvalue weighted by Crippen LogP contribution is -2.47. The Balaban J connectivity index is 1.44. The van der Waals surface area contributed by atoms with Crippen LogP contribution in [-0.2, 0) is 0 Å². The minimum absolute atomic E-state index is 1.13. The smallest absolute Gasteiger partial charge is 0.0366 e. The molecule has 2 aromatic carbocycles. The van der Waals surface area contributed by atoms with Crippen LogP contribution in [0.1, 0.15) is 12.8 Å². The van der Waals surface area contributed by atoms with Crippen molar-refractivity contribution >= 4 is 11.4 Å². The van der Waals surface area contributed by atoms with Crippen LogP contribution in [0.2, 0.25) is 0 Å². The summed E-state index contributed by atoms with van der Waals surface area (Å²) < 4.78 is 0. The van der Waals surface area contributed by atoms with Crippen molar-refractivity contribution in [2.45, 2.75) is 12.8 Å². The van der Waals surface area contributed by atoms with E-state index >= 15 is 0 Å². The highest BCUT2D eigenvalue weighted by molar-refractivity contribution is 5.46. The first-order chi connectivity index (χ1) is 13.9. The second kappa shape index (κ2) is 9.94. The molecule has 2 bridgehead atoms. The molecule has 0 spiro atoms. The molecule has 0 amide bonds. The average Bonchev–Trinajstić information content (AvgIpc) is 2.76. The third-order valence-corrected chi connectivity index (χ3v) is 6.15. The Morgan fingerprint density at radius 2 is 0.786 bits per heavy atom. The molecule has 2 unspecified atom stereocenters. The van der Waals surface area contributed by atoms with Gasteiger partial charge in [-0.1, -0.05) is 36.4 Å². The van der Waals surface area contributed by atoms with Crippen LogP contribution in [0.4, 0.5) is 11.4 Å². The van der Waals surface area contributed by atoms with Crippen LogP contribution in [0.15, 0.2) is 60.7 Å². The lowest BCUT2D eigenvalue weighted by atomic mass is 10.2. The van der Waals surface area contributed by atoms with Gasteiger partial charge in [0.15, 0.2) is 0 Å². The number of anilines is 2. The van der Waals surface area contributed by atoms with E-state index in [4.69, 9.17) is 0 Å². The highest BCUT2D eigenvalue weighted by Crippen LogP contribution is 2.17. The highest BCUT2D eigenvalue weighted by Gasteiger charge is 2.18. The maximum Gasteiger partial charge on any atom is 0.0366 e. The number of fused-ring (bicyclic) bond motifs is 3. The quantitative estimate of drug-likeness (QED) is 0.794. The molecule has 0 aliphatic carbocycles. The van der Waals surface area contributed by atoms with E-state index in [1.54, 1.807) is 0 Å².